The van der Waals surface area contributed by atoms with Crippen LogP contribution in [0.15, 0.2) is 42.5 Å². The van der Waals surface area contributed by atoms with Gasteiger partial charge in [0.2, 0.25) is 5.91 Å². The molecule has 1 aliphatic heterocycles. The van der Waals surface area contributed by atoms with Gasteiger partial charge in [0.15, 0.2) is 0 Å². The zero-order chi connectivity index (χ0) is 19.7. The van der Waals surface area contributed by atoms with Crippen LogP contribution in [-0.4, -0.2) is 24.0 Å². The number of fused-ring (bicyclic) bond motifs is 2. The van der Waals surface area contributed by atoms with Crippen LogP contribution in [0, 0.1) is 6.92 Å². The van der Waals surface area contributed by atoms with Gasteiger partial charge in [-0.2, -0.15) is 0 Å². The van der Waals surface area contributed by atoms with Gasteiger partial charge in [0, 0.05) is 35.1 Å². The highest BCUT2D eigenvalue weighted by Gasteiger charge is 2.24. The molecule has 4 nitrogen and oxygen atoms in total. The van der Waals surface area contributed by atoms with Gasteiger partial charge < -0.3 is 10.2 Å². The maximum absolute atomic E-state index is 12.0. The molecule has 4 heteroatoms. The van der Waals surface area contributed by atoms with Crippen LogP contribution in [-0.2, 0) is 11.2 Å². The quantitative estimate of drug-likeness (QED) is 0.635. The van der Waals surface area contributed by atoms with Crippen LogP contribution >= 0.6 is 0 Å². The van der Waals surface area contributed by atoms with Gasteiger partial charge in [-0.25, -0.2) is 0 Å². The van der Waals surface area contributed by atoms with Crippen molar-refractivity contribution in [2.45, 2.75) is 40.0 Å². The molecular weight excluding hydrogens is 346 g/mol. The molecule has 0 atom stereocenters. The first-order valence-electron chi connectivity index (χ1n) is 10.2. The number of nitrogens with one attached hydrogen (secondary N) is 1. The van der Waals surface area contributed by atoms with Crippen molar-refractivity contribution in [3.63, 3.8) is 0 Å². The van der Waals surface area contributed by atoms with Crippen molar-refractivity contribution in [2.24, 2.45) is 0 Å². The third-order valence-electron chi connectivity index (χ3n) is 5.41. The summed E-state index contributed by atoms with van der Waals surface area (Å²) in [5.41, 5.74) is 6.28. The highest BCUT2D eigenvalue weighted by Crippen LogP contribution is 2.39. The smallest absolute Gasteiger partial charge is 0.228 e. The lowest BCUT2D eigenvalue weighted by atomic mass is 9.96. The Morgan fingerprint density at radius 3 is 2.43 bits per heavy atom. The Morgan fingerprint density at radius 2 is 1.71 bits per heavy atom. The molecule has 4 rings (SSSR count). The molecule has 0 radical (unpaired) electrons. The average Bonchev–Trinajstić information content (AvgIpc) is 3.07. The molecule has 2 aromatic carbocycles. The van der Waals surface area contributed by atoms with E-state index in [-0.39, 0.29) is 5.91 Å². The molecule has 3 aromatic rings. The molecule has 0 saturated carbocycles. The van der Waals surface area contributed by atoms with Gasteiger partial charge in [0.25, 0.3) is 0 Å². The van der Waals surface area contributed by atoms with E-state index in [4.69, 9.17) is 4.98 Å². The molecule has 0 spiro atoms. The van der Waals surface area contributed by atoms with Crippen LogP contribution in [0.1, 0.15) is 37.9 Å². The number of anilines is 2. The molecule has 0 bridgehead atoms. The zero-order valence-electron chi connectivity index (χ0n) is 16.9. The number of carbonyl (C=O) groups excluding carboxylic acids is 1. The number of aryl methyl sites for hydroxylation is 1. The lowest BCUT2D eigenvalue weighted by molar-refractivity contribution is -0.115. The third kappa shape index (κ3) is 3.13. The van der Waals surface area contributed by atoms with E-state index in [0.29, 0.717) is 6.42 Å². The van der Waals surface area contributed by atoms with Crippen molar-refractivity contribution in [1.29, 1.82) is 0 Å². The molecule has 2 heterocycles. The second kappa shape index (κ2) is 7.63. The van der Waals surface area contributed by atoms with Gasteiger partial charge in [-0.15, -0.1) is 0 Å². The van der Waals surface area contributed by atoms with Crippen LogP contribution in [0.2, 0.25) is 0 Å². The molecule has 1 N–H and O–H groups in total. The second-order valence-corrected chi connectivity index (χ2v) is 7.48. The number of benzene rings is 2. The van der Waals surface area contributed by atoms with Gasteiger partial charge in [0.05, 0.1) is 23.5 Å². The van der Waals surface area contributed by atoms with E-state index in [0.717, 1.165) is 59.5 Å². The van der Waals surface area contributed by atoms with Crippen molar-refractivity contribution in [2.75, 3.05) is 23.3 Å². The number of aromatic nitrogens is 1. The number of amides is 1. The minimum absolute atomic E-state index is 0.0529. The molecule has 1 amide bonds. The van der Waals surface area contributed by atoms with Crippen LogP contribution in [0.3, 0.4) is 0 Å². The van der Waals surface area contributed by atoms with Crippen LogP contribution in [0.25, 0.3) is 22.0 Å². The largest absolute Gasteiger partial charge is 0.370 e. The lowest BCUT2D eigenvalue weighted by Crippen LogP contribution is -2.26. The van der Waals surface area contributed by atoms with E-state index >= 15 is 0 Å². The Labute approximate surface area is 166 Å². The first kappa shape index (κ1) is 18.5. The summed E-state index contributed by atoms with van der Waals surface area (Å²) in [6.45, 7) is 8.60. The highest BCUT2D eigenvalue weighted by molar-refractivity contribution is 6.06. The number of hydrogen-bond acceptors (Lipinski definition) is 3. The summed E-state index contributed by atoms with van der Waals surface area (Å²) in [5, 5.41) is 5.34. The minimum atomic E-state index is 0.0529. The standard InChI is InChI=1S/C24H27N3O/c1-4-13-27(14-5-2)24-16(3)25-23(17-9-6-7-10-19(17)24)18-11-8-12-21-20(18)15-22(28)26-21/h6-12H,4-5,13-15H2,1-3H3,(H,26,28). The monoisotopic (exact) mass is 373 g/mol. The summed E-state index contributed by atoms with van der Waals surface area (Å²) in [5.74, 6) is 0.0529. The van der Waals surface area contributed by atoms with Gasteiger partial charge in [0.1, 0.15) is 0 Å². The van der Waals surface area contributed by atoms with E-state index in [9.17, 15) is 4.79 Å². The molecular formula is C24H27N3O. The molecule has 28 heavy (non-hydrogen) atoms. The van der Waals surface area contributed by atoms with Crippen LogP contribution < -0.4 is 10.2 Å². The zero-order valence-corrected chi connectivity index (χ0v) is 16.9. The second-order valence-electron chi connectivity index (χ2n) is 7.48. The minimum Gasteiger partial charge on any atom is -0.370 e. The Balaban J connectivity index is 1.96. The van der Waals surface area contributed by atoms with Crippen molar-refractivity contribution >= 4 is 28.1 Å². The molecule has 0 saturated heterocycles. The molecule has 144 valence electrons. The van der Waals surface area contributed by atoms with E-state index < -0.39 is 0 Å². The number of carbonyl (C=O) groups is 1. The van der Waals surface area contributed by atoms with Crippen molar-refractivity contribution in [3.8, 4) is 11.3 Å². The van der Waals surface area contributed by atoms with Crippen molar-refractivity contribution in [3.05, 3.63) is 53.7 Å². The van der Waals surface area contributed by atoms with Gasteiger partial charge in [-0.05, 0) is 31.4 Å². The van der Waals surface area contributed by atoms with Crippen LogP contribution in [0.4, 0.5) is 11.4 Å². The van der Waals surface area contributed by atoms with Gasteiger partial charge in [-0.3, -0.25) is 9.78 Å². The Morgan fingerprint density at radius 1 is 1.00 bits per heavy atom. The Bertz CT molecular complexity index is 1040. The summed E-state index contributed by atoms with van der Waals surface area (Å²) in [6, 6.07) is 14.6. The molecule has 0 unspecified atom stereocenters. The Hall–Kier alpha value is -2.88. The van der Waals surface area contributed by atoms with Crippen molar-refractivity contribution in [1.82, 2.24) is 4.98 Å². The number of nitrogens with zero attached hydrogens (tertiary/aromatic N) is 2. The summed E-state index contributed by atoms with van der Waals surface area (Å²) < 4.78 is 0. The first-order chi connectivity index (χ1) is 13.6. The fourth-order valence-electron chi connectivity index (χ4n) is 4.32. The summed E-state index contributed by atoms with van der Waals surface area (Å²) in [6.07, 6.45) is 2.63. The maximum atomic E-state index is 12.0. The summed E-state index contributed by atoms with van der Waals surface area (Å²) in [7, 11) is 0. The fourth-order valence-corrected chi connectivity index (χ4v) is 4.32. The van der Waals surface area contributed by atoms with E-state index in [1.807, 2.05) is 12.1 Å². The number of rotatable bonds is 6. The van der Waals surface area contributed by atoms with Gasteiger partial charge in [-0.1, -0.05) is 50.2 Å². The fraction of sp³-hybridized carbons (Fsp3) is 0.333. The molecule has 0 aliphatic carbocycles. The summed E-state index contributed by atoms with van der Waals surface area (Å²) >= 11 is 0. The van der Waals surface area contributed by atoms with E-state index in [2.05, 4.69) is 61.3 Å². The summed E-state index contributed by atoms with van der Waals surface area (Å²) in [4.78, 5) is 19.5. The number of pyridine rings is 1. The van der Waals surface area contributed by atoms with Crippen molar-refractivity contribution < 1.29 is 4.79 Å². The molecule has 1 aromatic heterocycles. The maximum Gasteiger partial charge on any atom is 0.228 e. The molecule has 1 aliphatic rings. The average molecular weight is 374 g/mol. The van der Waals surface area contributed by atoms with E-state index in [1.54, 1.807) is 0 Å². The third-order valence-corrected chi connectivity index (χ3v) is 5.41. The predicted molar refractivity (Wildman–Crippen MR) is 117 cm³/mol. The van der Waals surface area contributed by atoms with Crippen LogP contribution in [0.5, 0.6) is 0 Å². The highest BCUT2D eigenvalue weighted by atomic mass is 16.1. The lowest BCUT2D eigenvalue weighted by Gasteiger charge is -2.27. The predicted octanol–water partition coefficient (Wildman–Crippen LogP) is 5.33. The normalized spacial score (nSPS) is 12.9. The first-order valence-corrected chi connectivity index (χ1v) is 10.2. The van der Waals surface area contributed by atoms with Gasteiger partial charge >= 0.3 is 0 Å². The SMILES string of the molecule is CCCN(CCC)c1c(C)nc(-c2cccc3c2CC(=O)N3)c2ccccc12. The molecule has 0 fully saturated rings. The Kier molecular flexibility index (Phi) is 5.03. The number of hydrogen-bond donors (Lipinski definition) is 1. The topological polar surface area (TPSA) is 45.2 Å². The van der Waals surface area contributed by atoms with E-state index in [1.165, 1.54) is 11.1 Å².